The second kappa shape index (κ2) is 15.1. The van der Waals surface area contributed by atoms with Gasteiger partial charge < -0.3 is 19.0 Å². The molecule has 3 aromatic carbocycles. The number of hydroxylamine groups is 1. The van der Waals surface area contributed by atoms with Crippen LogP contribution in [0.5, 0.6) is 0 Å². The lowest BCUT2D eigenvalue weighted by Gasteiger charge is -2.35. The summed E-state index contributed by atoms with van der Waals surface area (Å²) >= 11 is 0. The molecule has 3 aliphatic heterocycles. The van der Waals surface area contributed by atoms with Crippen molar-refractivity contribution in [3.8, 4) is 17.2 Å². The largest absolute Gasteiger partial charge is 0.427 e. The normalized spacial score (nSPS) is 22.3. The van der Waals surface area contributed by atoms with E-state index in [1.165, 1.54) is 45.9 Å². The second-order valence-electron chi connectivity index (χ2n) is 17.8. The summed E-state index contributed by atoms with van der Waals surface area (Å²) in [7, 11) is 0. The average Bonchev–Trinajstić information content (AvgIpc) is 3.93. The molecule has 1 aliphatic carbocycles. The molecule has 7 aromatic rings. The average molecular weight is 911 g/mol. The molecule has 2 saturated heterocycles. The summed E-state index contributed by atoms with van der Waals surface area (Å²) in [5.41, 5.74) is 5.23. The molecular formula is C46H43F5N10O5. The third-order valence-electron chi connectivity index (χ3n) is 13.9. The highest BCUT2D eigenvalue weighted by molar-refractivity contribution is 6.00. The zero-order valence-electron chi connectivity index (χ0n) is 35.9. The number of fused-ring (bicyclic) bond motifs is 3. The maximum atomic E-state index is 16.2. The maximum absolute atomic E-state index is 16.2. The molecule has 1 unspecified atom stereocenters. The zero-order chi connectivity index (χ0) is 46.0. The Morgan fingerprint density at radius 3 is 2.44 bits per heavy atom. The van der Waals surface area contributed by atoms with Crippen molar-refractivity contribution in [2.24, 2.45) is 5.92 Å². The number of halogens is 5. The Hall–Kier alpha value is -6.80. The molecule has 2 amide bonds. The van der Waals surface area contributed by atoms with Crippen LogP contribution < -0.4 is 16.5 Å². The molecule has 342 valence electrons. The molecule has 4 atom stereocenters. The van der Waals surface area contributed by atoms with E-state index in [2.05, 4.69) is 35.0 Å². The molecule has 2 N–H and O–H groups in total. The molecular weight excluding hydrogens is 868 g/mol. The van der Waals surface area contributed by atoms with E-state index < -0.39 is 53.9 Å². The van der Waals surface area contributed by atoms with E-state index in [0.717, 1.165) is 40.1 Å². The number of rotatable bonds is 8. The number of carbonyl (C=O) groups excluding carboxylic acids is 2. The van der Waals surface area contributed by atoms with Crippen LogP contribution in [0.25, 0.3) is 39.0 Å². The monoisotopic (exact) mass is 910 g/mol. The Labute approximate surface area is 372 Å². The standard InChI is InChI=1S/C46H43F5N10O5/c1-24-18-30(5-6-32(24)47)61-40(58-15-14-57(44(58)64)36-9-8-35-31(39(36)48)22-52-59(35)23-46(49,50)51)38-26(3)56(13-10-33(38)54-61)41(62)37-20-29-19-28(27-11-16-65-17-12-27)4-7-34(29)60(37)45(21-25(45)2)42-53-43(63)66-55-42/h4-9,14-15,18-20,22,25-27,42,55H,10-13,16-17,21,23H2,1-3H3,(H,53,63)/t25-,26-,42?,45-/m0/s1. The van der Waals surface area contributed by atoms with Crippen LogP contribution in [0.4, 0.5) is 26.7 Å². The van der Waals surface area contributed by atoms with E-state index in [1.54, 1.807) is 17.9 Å². The summed E-state index contributed by atoms with van der Waals surface area (Å²) in [5, 5.41) is 12.3. The van der Waals surface area contributed by atoms with Gasteiger partial charge in [-0.05, 0) is 105 Å². The number of carbonyl (C=O) groups is 2. The fraction of sp³-hybridized carbons (Fsp3) is 0.370. The quantitative estimate of drug-likeness (QED) is 0.152. The van der Waals surface area contributed by atoms with E-state index >= 15 is 9.18 Å². The SMILES string of the molecule is Cc1cc(-n2nc3c(c2-n2ccn(-c4ccc5c(cnn5CC(F)(F)F)c4F)c2=O)[C@H](C)N(C(=O)c2cc4cc(C5CCOCC5)ccc4n2[C@@]2(C4NOC(=O)N4)C[C@@H]2C)CC3)ccc1F. The van der Waals surface area contributed by atoms with Gasteiger partial charge in [0, 0.05) is 55.0 Å². The van der Waals surface area contributed by atoms with Crippen molar-refractivity contribution in [3.05, 3.63) is 123 Å². The molecule has 0 bridgehead atoms. The minimum Gasteiger partial charge on any atom is -0.381 e. The molecule has 0 spiro atoms. The lowest BCUT2D eigenvalue weighted by molar-refractivity contribution is -0.141. The van der Waals surface area contributed by atoms with Crippen LogP contribution >= 0.6 is 0 Å². The Bertz CT molecular complexity index is 3200. The lowest BCUT2D eigenvalue weighted by Crippen LogP contribution is -2.49. The Morgan fingerprint density at radius 1 is 0.970 bits per heavy atom. The van der Waals surface area contributed by atoms with Crippen LogP contribution in [-0.4, -0.2) is 82.3 Å². The highest BCUT2D eigenvalue weighted by Crippen LogP contribution is 2.55. The number of aromatic nitrogens is 7. The Morgan fingerprint density at radius 2 is 1.73 bits per heavy atom. The van der Waals surface area contributed by atoms with Gasteiger partial charge in [-0.2, -0.15) is 23.4 Å². The molecule has 20 heteroatoms. The number of amides is 2. The van der Waals surface area contributed by atoms with Gasteiger partial charge in [0.1, 0.15) is 30.0 Å². The van der Waals surface area contributed by atoms with Gasteiger partial charge in [-0.1, -0.05) is 13.0 Å². The van der Waals surface area contributed by atoms with Gasteiger partial charge in [-0.3, -0.25) is 23.9 Å². The van der Waals surface area contributed by atoms with Crippen LogP contribution in [0.1, 0.15) is 77.9 Å². The van der Waals surface area contributed by atoms with Crippen molar-refractivity contribution in [3.63, 3.8) is 0 Å². The summed E-state index contributed by atoms with van der Waals surface area (Å²) in [5.74, 6) is -1.15. The van der Waals surface area contributed by atoms with Crippen molar-refractivity contribution in [2.45, 2.75) is 82.8 Å². The van der Waals surface area contributed by atoms with Crippen molar-refractivity contribution in [1.29, 1.82) is 0 Å². The molecule has 0 radical (unpaired) electrons. The van der Waals surface area contributed by atoms with Crippen molar-refractivity contribution >= 4 is 33.8 Å². The highest BCUT2D eigenvalue weighted by atomic mass is 19.4. The van der Waals surface area contributed by atoms with Crippen molar-refractivity contribution in [2.75, 3.05) is 19.8 Å². The zero-order valence-corrected chi connectivity index (χ0v) is 35.9. The molecule has 11 rings (SSSR count). The molecule has 7 heterocycles. The summed E-state index contributed by atoms with van der Waals surface area (Å²) in [6, 6.07) is 14.4. The van der Waals surface area contributed by atoms with Gasteiger partial charge in [-0.15, -0.1) is 5.48 Å². The number of ether oxygens (including phenoxy) is 1. The Kier molecular flexibility index (Phi) is 9.60. The Balaban J connectivity index is 1.03. The number of hydrogen-bond donors (Lipinski definition) is 2. The predicted octanol–water partition coefficient (Wildman–Crippen LogP) is 7.23. The number of nitrogens with one attached hydrogen (secondary N) is 2. The lowest BCUT2D eigenvalue weighted by atomic mass is 9.91. The van der Waals surface area contributed by atoms with Crippen LogP contribution in [-0.2, 0) is 28.1 Å². The summed E-state index contributed by atoms with van der Waals surface area (Å²) in [6.07, 6.45) is 0.566. The number of benzene rings is 3. The van der Waals surface area contributed by atoms with Crippen LogP contribution in [0.3, 0.4) is 0 Å². The topological polar surface area (TPSA) is 147 Å². The first kappa shape index (κ1) is 41.9. The maximum Gasteiger partial charge on any atom is 0.427 e. The van der Waals surface area contributed by atoms with Crippen LogP contribution in [0.15, 0.2) is 78.0 Å². The summed E-state index contributed by atoms with van der Waals surface area (Å²) < 4.78 is 82.9. The fourth-order valence-corrected chi connectivity index (χ4v) is 10.5. The highest BCUT2D eigenvalue weighted by Gasteiger charge is 2.62. The van der Waals surface area contributed by atoms with E-state index in [-0.39, 0.29) is 47.2 Å². The fourth-order valence-electron chi connectivity index (χ4n) is 10.5. The van der Waals surface area contributed by atoms with Crippen molar-refractivity contribution in [1.82, 2.24) is 49.0 Å². The second-order valence-corrected chi connectivity index (χ2v) is 17.8. The molecule has 1 saturated carbocycles. The van der Waals surface area contributed by atoms with Gasteiger partial charge >= 0.3 is 18.0 Å². The third kappa shape index (κ3) is 6.54. The predicted molar refractivity (Wildman–Crippen MR) is 229 cm³/mol. The van der Waals surface area contributed by atoms with E-state index in [9.17, 15) is 27.2 Å². The van der Waals surface area contributed by atoms with E-state index in [0.29, 0.717) is 58.4 Å². The van der Waals surface area contributed by atoms with Crippen LogP contribution in [0, 0.1) is 24.5 Å². The minimum atomic E-state index is -4.60. The number of alkyl halides is 3. The van der Waals surface area contributed by atoms with Crippen LogP contribution in [0.2, 0.25) is 0 Å². The van der Waals surface area contributed by atoms with E-state index in [4.69, 9.17) is 14.7 Å². The first-order valence-electron chi connectivity index (χ1n) is 21.8. The number of aryl methyl sites for hydroxylation is 1. The molecule has 15 nitrogen and oxygen atoms in total. The molecule has 3 fully saturated rings. The molecule has 66 heavy (non-hydrogen) atoms. The van der Waals surface area contributed by atoms with Crippen molar-refractivity contribution < 1.29 is 41.1 Å². The molecule has 4 aliphatic rings. The third-order valence-corrected chi connectivity index (χ3v) is 13.9. The van der Waals surface area contributed by atoms with Gasteiger partial charge in [-0.25, -0.2) is 23.1 Å². The number of imidazole rings is 1. The first-order chi connectivity index (χ1) is 31.6. The number of nitrogens with zero attached hydrogens (tertiary/aromatic N) is 8. The summed E-state index contributed by atoms with van der Waals surface area (Å²) in [6.45, 7) is 5.65. The summed E-state index contributed by atoms with van der Waals surface area (Å²) in [4.78, 5) is 49.4. The van der Waals surface area contributed by atoms with Gasteiger partial charge in [0.2, 0.25) is 0 Å². The smallest absolute Gasteiger partial charge is 0.381 e. The van der Waals surface area contributed by atoms with Gasteiger partial charge in [0.25, 0.3) is 5.91 Å². The van der Waals surface area contributed by atoms with Gasteiger partial charge in [0.15, 0.2) is 5.82 Å². The van der Waals surface area contributed by atoms with Gasteiger partial charge in [0.05, 0.1) is 45.7 Å². The van der Waals surface area contributed by atoms with E-state index in [1.807, 2.05) is 23.6 Å². The first-order valence-corrected chi connectivity index (χ1v) is 21.8. The minimum absolute atomic E-state index is 0.0289. The molecule has 4 aromatic heterocycles. The number of hydrogen-bond acceptors (Lipinski definition) is 8.